The predicted molar refractivity (Wildman–Crippen MR) is 76.3 cm³/mol. The van der Waals surface area contributed by atoms with Crippen molar-refractivity contribution >= 4 is 10.0 Å². The van der Waals surface area contributed by atoms with Crippen molar-refractivity contribution in [2.75, 3.05) is 0 Å². The largest absolute Gasteiger partial charge is 0.390 e. The first kappa shape index (κ1) is 15.5. The topological polar surface area (TPSA) is 74.6 Å². The Morgan fingerprint density at radius 1 is 1.35 bits per heavy atom. The molecule has 2 rings (SSSR count). The van der Waals surface area contributed by atoms with Crippen LogP contribution in [0.1, 0.15) is 38.8 Å². The summed E-state index contributed by atoms with van der Waals surface area (Å²) in [5.74, 6) is 0. The highest BCUT2D eigenvalue weighted by Crippen LogP contribution is 2.22. The van der Waals surface area contributed by atoms with Gasteiger partial charge in [-0.3, -0.25) is 0 Å². The third kappa shape index (κ3) is 3.06. The average Bonchev–Trinajstić information content (AvgIpc) is 2.76. The number of aliphatic hydroxyl groups excluding tert-OH is 1. The van der Waals surface area contributed by atoms with Gasteiger partial charge in [0, 0.05) is 31.0 Å². The summed E-state index contributed by atoms with van der Waals surface area (Å²) in [6, 6.07) is 1.88. The van der Waals surface area contributed by atoms with E-state index in [0.717, 1.165) is 19.3 Å². The second-order valence-electron chi connectivity index (χ2n) is 5.57. The van der Waals surface area contributed by atoms with Gasteiger partial charge in [0.1, 0.15) is 4.90 Å². The molecular weight excluding hydrogens is 278 g/mol. The van der Waals surface area contributed by atoms with Crippen LogP contribution in [0.4, 0.5) is 0 Å². The summed E-state index contributed by atoms with van der Waals surface area (Å²) < 4.78 is 26.5. The van der Waals surface area contributed by atoms with E-state index < -0.39 is 10.0 Å². The summed E-state index contributed by atoms with van der Waals surface area (Å²) in [5, 5.41) is 11.0. The maximum atomic E-state index is 12.4. The third-order valence-corrected chi connectivity index (χ3v) is 5.27. The van der Waals surface area contributed by atoms with Gasteiger partial charge in [-0.05, 0) is 32.8 Å². The highest BCUT2D eigenvalue weighted by molar-refractivity contribution is 7.89. The van der Waals surface area contributed by atoms with Gasteiger partial charge >= 0.3 is 0 Å². The number of hydrazine groups is 1. The molecule has 0 amide bonds. The van der Waals surface area contributed by atoms with Crippen LogP contribution in [-0.4, -0.2) is 35.2 Å². The number of hydrogen-bond donors (Lipinski definition) is 2. The number of sulfonamides is 1. The van der Waals surface area contributed by atoms with Crippen molar-refractivity contribution in [1.82, 2.24) is 14.4 Å². The van der Waals surface area contributed by atoms with Crippen LogP contribution in [0.2, 0.25) is 0 Å². The normalized spacial score (nSPS) is 25.0. The van der Waals surface area contributed by atoms with Gasteiger partial charge in [0.2, 0.25) is 0 Å². The summed E-state index contributed by atoms with van der Waals surface area (Å²) in [6.45, 7) is 3.88. The number of piperidine rings is 1. The van der Waals surface area contributed by atoms with Crippen LogP contribution in [-0.2, 0) is 23.7 Å². The van der Waals surface area contributed by atoms with Crippen LogP contribution in [0.3, 0.4) is 0 Å². The molecule has 1 saturated heterocycles. The van der Waals surface area contributed by atoms with Crippen LogP contribution in [0.25, 0.3) is 0 Å². The lowest BCUT2D eigenvalue weighted by Crippen LogP contribution is -2.53. The highest BCUT2D eigenvalue weighted by Gasteiger charge is 2.29. The van der Waals surface area contributed by atoms with E-state index in [4.69, 9.17) is 5.11 Å². The SMILES string of the molecule is CC1CCCC(C)N1NS(=O)(=O)c1cc(CO)n(C)c1. The molecule has 114 valence electrons. The molecule has 2 atom stereocenters. The fraction of sp³-hybridized carbons (Fsp3) is 0.692. The first-order valence-corrected chi connectivity index (χ1v) is 8.40. The van der Waals surface area contributed by atoms with E-state index >= 15 is 0 Å². The van der Waals surface area contributed by atoms with Gasteiger partial charge in [-0.2, -0.15) is 0 Å². The first-order chi connectivity index (χ1) is 9.35. The van der Waals surface area contributed by atoms with E-state index in [0.29, 0.717) is 5.69 Å². The summed E-state index contributed by atoms with van der Waals surface area (Å²) in [5.41, 5.74) is 0.574. The molecule has 0 saturated carbocycles. The van der Waals surface area contributed by atoms with Gasteiger partial charge < -0.3 is 9.67 Å². The second kappa shape index (κ2) is 5.85. The zero-order valence-electron chi connectivity index (χ0n) is 12.2. The molecule has 1 fully saturated rings. The average molecular weight is 301 g/mol. The summed E-state index contributed by atoms with van der Waals surface area (Å²) >= 11 is 0. The van der Waals surface area contributed by atoms with Crippen LogP contribution in [0.15, 0.2) is 17.2 Å². The highest BCUT2D eigenvalue weighted by atomic mass is 32.2. The molecule has 1 aliphatic heterocycles. The lowest BCUT2D eigenvalue weighted by atomic mass is 10.0. The third-order valence-electron chi connectivity index (χ3n) is 3.97. The fourth-order valence-corrected chi connectivity index (χ4v) is 4.00. The zero-order valence-corrected chi connectivity index (χ0v) is 13.0. The Kier molecular flexibility index (Phi) is 4.53. The first-order valence-electron chi connectivity index (χ1n) is 6.92. The quantitative estimate of drug-likeness (QED) is 0.869. The molecule has 7 heteroatoms. The molecule has 0 radical (unpaired) electrons. The summed E-state index contributed by atoms with van der Waals surface area (Å²) in [4.78, 5) is 2.88. The maximum Gasteiger partial charge on any atom is 0.254 e. The minimum Gasteiger partial charge on any atom is -0.390 e. The zero-order chi connectivity index (χ0) is 14.9. The minimum absolute atomic E-state index is 0.178. The lowest BCUT2D eigenvalue weighted by Gasteiger charge is -2.38. The lowest BCUT2D eigenvalue weighted by molar-refractivity contribution is 0.0790. The number of rotatable bonds is 4. The van der Waals surface area contributed by atoms with Crippen molar-refractivity contribution in [1.29, 1.82) is 0 Å². The Morgan fingerprint density at radius 3 is 2.45 bits per heavy atom. The molecule has 2 N–H and O–H groups in total. The molecule has 1 aromatic rings. The van der Waals surface area contributed by atoms with Crippen molar-refractivity contribution in [3.05, 3.63) is 18.0 Å². The van der Waals surface area contributed by atoms with E-state index in [1.54, 1.807) is 11.6 Å². The van der Waals surface area contributed by atoms with Gasteiger partial charge in [0.15, 0.2) is 0 Å². The van der Waals surface area contributed by atoms with Gasteiger partial charge in [0.05, 0.1) is 6.61 Å². The number of aliphatic hydroxyl groups is 1. The van der Waals surface area contributed by atoms with Crippen LogP contribution < -0.4 is 4.83 Å². The van der Waals surface area contributed by atoms with Crippen LogP contribution in [0, 0.1) is 0 Å². The van der Waals surface area contributed by atoms with E-state index in [1.165, 1.54) is 12.3 Å². The Labute approximate surface area is 120 Å². The Balaban J connectivity index is 2.21. The molecule has 2 heterocycles. The van der Waals surface area contributed by atoms with Crippen molar-refractivity contribution in [3.8, 4) is 0 Å². The van der Waals surface area contributed by atoms with Crippen LogP contribution in [0.5, 0.6) is 0 Å². The summed E-state index contributed by atoms with van der Waals surface area (Å²) in [7, 11) is -1.87. The van der Waals surface area contributed by atoms with E-state index in [-0.39, 0.29) is 23.6 Å². The van der Waals surface area contributed by atoms with Gasteiger partial charge in [-0.1, -0.05) is 6.42 Å². The van der Waals surface area contributed by atoms with Crippen molar-refractivity contribution in [2.24, 2.45) is 7.05 Å². The molecule has 6 nitrogen and oxygen atoms in total. The number of aromatic nitrogens is 1. The van der Waals surface area contributed by atoms with Crippen molar-refractivity contribution in [2.45, 2.75) is 56.7 Å². The summed E-state index contributed by atoms with van der Waals surface area (Å²) in [6.07, 6.45) is 4.63. The molecule has 2 unspecified atom stereocenters. The molecule has 0 aromatic carbocycles. The van der Waals surface area contributed by atoms with Crippen molar-refractivity contribution < 1.29 is 13.5 Å². The number of nitrogens with one attached hydrogen (secondary N) is 1. The Morgan fingerprint density at radius 2 is 1.95 bits per heavy atom. The monoisotopic (exact) mass is 301 g/mol. The number of nitrogens with zero attached hydrogens (tertiary/aromatic N) is 2. The molecule has 0 aliphatic carbocycles. The fourth-order valence-electron chi connectivity index (χ4n) is 2.67. The number of aryl methyl sites for hydroxylation is 1. The standard InChI is InChI=1S/C13H23N3O3S/c1-10-5-4-6-11(2)16(10)14-20(18,19)13-7-12(9-17)15(3)8-13/h7-8,10-11,14,17H,4-6,9H2,1-3H3. The Hall–Kier alpha value is -0.890. The van der Waals surface area contributed by atoms with Gasteiger partial charge in [0.25, 0.3) is 10.0 Å². The van der Waals surface area contributed by atoms with Gasteiger partial charge in [-0.25, -0.2) is 13.4 Å². The molecule has 20 heavy (non-hydrogen) atoms. The van der Waals surface area contributed by atoms with Crippen molar-refractivity contribution in [3.63, 3.8) is 0 Å². The molecule has 1 aliphatic rings. The predicted octanol–water partition coefficient (Wildman–Crippen LogP) is 0.974. The maximum absolute atomic E-state index is 12.4. The Bertz CT molecular complexity index is 557. The molecular formula is C13H23N3O3S. The van der Waals surface area contributed by atoms with Gasteiger partial charge in [-0.15, -0.1) is 4.83 Å². The van der Waals surface area contributed by atoms with E-state index in [1.807, 2.05) is 18.9 Å². The molecule has 0 bridgehead atoms. The minimum atomic E-state index is -3.59. The smallest absolute Gasteiger partial charge is 0.254 e. The van der Waals surface area contributed by atoms with E-state index in [2.05, 4.69) is 4.83 Å². The van der Waals surface area contributed by atoms with E-state index in [9.17, 15) is 8.42 Å². The molecule has 0 spiro atoms. The number of hydrogen-bond acceptors (Lipinski definition) is 4. The molecule has 1 aromatic heterocycles. The van der Waals surface area contributed by atoms with Crippen LogP contribution >= 0.6 is 0 Å². The second-order valence-corrected chi connectivity index (χ2v) is 7.23.